The second-order valence-electron chi connectivity index (χ2n) is 2.04. The van der Waals surface area contributed by atoms with E-state index < -0.39 is 0 Å². The smallest absolute Gasteiger partial charge is 0.00388 e. The van der Waals surface area contributed by atoms with Crippen LogP contribution in [0.4, 0.5) is 0 Å². The first kappa shape index (κ1) is 16.3. The summed E-state index contributed by atoms with van der Waals surface area (Å²) in [6.45, 7) is 0. The maximum atomic E-state index is 5.53. The van der Waals surface area contributed by atoms with Gasteiger partial charge in [0, 0.05) is 27.1 Å². The van der Waals surface area contributed by atoms with Crippen LogP contribution < -0.4 is 5.73 Å². The Kier molecular flexibility index (Phi) is 15.5. The molecule has 62 valence electrons. The van der Waals surface area contributed by atoms with Crippen LogP contribution in [0.2, 0.25) is 0 Å². The molecule has 1 aliphatic rings. The molecule has 0 unspecified atom stereocenters. The topological polar surface area (TPSA) is 89.0 Å². The van der Waals surface area contributed by atoms with Gasteiger partial charge in [-0.3, -0.25) is 0 Å². The summed E-state index contributed by atoms with van der Waals surface area (Å²) in [5, 5.41) is 0. The molecular weight excluding hydrogens is 301 g/mol. The molecule has 6 N–H and O–H groups in total. The van der Waals surface area contributed by atoms with E-state index in [4.69, 9.17) is 5.73 Å². The SMILES string of the molecule is NC1CCCC1.O.O.[Pt]. The first-order valence-electron chi connectivity index (χ1n) is 2.65. The Morgan fingerprint density at radius 2 is 1.33 bits per heavy atom. The number of hydrogen-bond acceptors (Lipinski definition) is 1. The number of rotatable bonds is 0. The van der Waals surface area contributed by atoms with Gasteiger partial charge < -0.3 is 16.7 Å². The van der Waals surface area contributed by atoms with Crippen LogP contribution in [0.1, 0.15) is 25.7 Å². The summed E-state index contributed by atoms with van der Waals surface area (Å²) >= 11 is 0. The number of nitrogens with two attached hydrogens (primary N) is 1. The van der Waals surface area contributed by atoms with Crippen molar-refractivity contribution < 1.29 is 32.0 Å². The maximum absolute atomic E-state index is 5.53. The summed E-state index contributed by atoms with van der Waals surface area (Å²) in [6.07, 6.45) is 5.25. The fraction of sp³-hybridized carbons (Fsp3) is 1.00. The van der Waals surface area contributed by atoms with Crippen molar-refractivity contribution in [3.63, 3.8) is 0 Å². The largest absolute Gasteiger partial charge is 0.412 e. The minimum absolute atomic E-state index is 0. The molecule has 3 nitrogen and oxygen atoms in total. The van der Waals surface area contributed by atoms with Crippen molar-refractivity contribution in [2.75, 3.05) is 0 Å². The molecule has 0 aromatic carbocycles. The fourth-order valence-corrected chi connectivity index (χ4v) is 0.957. The average molecular weight is 316 g/mol. The molecule has 0 aromatic heterocycles. The van der Waals surface area contributed by atoms with Gasteiger partial charge in [-0.1, -0.05) is 12.8 Å². The molecule has 0 radical (unpaired) electrons. The zero-order valence-electron chi connectivity index (χ0n) is 5.30. The van der Waals surface area contributed by atoms with E-state index in [9.17, 15) is 0 Å². The van der Waals surface area contributed by atoms with Crippen LogP contribution in [0, 0.1) is 0 Å². The van der Waals surface area contributed by atoms with E-state index in [1.165, 1.54) is 25.7 Å². The van der Waals surface area contributed by atoms with E-state index in [1.807, 2.05) is 0 Å². The van der Waals surface area contributed by atoms with Crippen LogP contribution in [0.25, 0.3) is 0 Å². The second-order valence-corrected chi connectivity index (χ2v) is 2.04. The van der Waals surface area contributed by atoms with Gasteiger partial charge in [0.05, 0.1) is 0 Å². The molecule has 0 heterocycles. The monoisotopic (exact) mass is 316 g/mol. The molecule has 9 heavy (non-hydrogen) atoms. The summed E-state index contributed by atoms with van der Waals surface area (Å²) in [5.74, 6) is 0. The maximum Gasteiger partial charge on any atom is 0.00388 e. The van der Waals surface area contributed by atoms with E-state index in [1.54, 1.807) is 0 Å². The Hall–Kier alpha value is 0.568. The Balaban J connectivity index is -0.000000120. The normalized spacial score (nSPS) is 17.0. The average Bonchev–Trinajstić information content (AvgIpc) is 1.86. The molecule has 0 aromatic rings. The van der Waals surface area contributed by atoms with E-state index in [-0.39, 0.29) is 32.0 Å². The van der Waals surface area contributed by atoms with Crippen LogP contribution in [0.3, 0.4) is 0 Å². The summed E-state index contributed by atoms with van der Waals surface area (Å²) in [6, 6.07) is 0.546. The minimum atomic E-state index is 0. The molecule has 1 rings (SSSR count). The molecule has 1 fully saturated rings. The van der Waals surface area contributed by atoms with Crippen LogP contribution in [0.5, 0.6) is 0 Å². The van der Waals surface area contributed by atoms with Gasteiger partial charge in [-0.25, -0.2) is 0 Å². The van der Waals surface area contributed by atoms with Crippen LogP contribution in [0.15, 0.2) is 0 Å². The zero-order chi connectivity index (χ0) is 4.41. The second kappa shape index (κ2) is 8.57. The van der Waals surface area contributed by atoms with Crippen molar-refractivity contribution in [1.82, 2.24) is 0 Å². The number of hydrogen-bond donors (Lipinski definition) is 1. The van der Waals surface area contributed by atoms with E-state index in [0.29, 0.717) is 6.04 Å². The van der Waals surface area contributed by atoms with Crippen molar-refractivity contribution >= 4 is 0 Å². The Bertz CT molecular complexity index is 48.2. The first-order chi connectivity index (χ1) is 2.89. The fourth-order valence-electron chi connectivity index (χ4n) is 0.957. The van der Waals surface area contributed by atoms with Gasteiger partial charge in [0.15, 0.2) is 0 Å². The summed E-state index contributed by atoms with van der Waals surface area (Å²) in [7, 11) is 0. The molecule has 0 amide bonds. The third-order valence-corrected chi connectivity index (χ3v) is 1.40. The molecule has 0 atom stereocenters. The van der Waals surface area contributed by atoms with Gasteiger partial charge in [-0.05, 0) is 12.8 Å². The summed E-state index contributed by atoms with van der Waals surface area (Å²) in [5.41, 5.74) is 5.53. The van der Waals surface area contributed by atoms with Crippen molar-refractivity contribution in [3.05, 3.63) is 0 Å². The van der Waals surface area contributed by atoms with Gasteiger partial charge in [0.25, 0.3) is 0 Å². The Morgan fingerprint density at radius 1 is 1.00 bits per heavy atom. The first-order valence-corrected chi connectivity index (χ1v) is 2.65. The van der Waals surface area contributed by atoms with Gasteiger partial charge in [0.1, 0.15) is 0 Å². The van der Waals surface area contributed by atoms with Crippen molar-refractivity contribution in [2.24, 2.45) is 5.73 Å². The molecule has 0 saturated heterocycles. The van der Waals surface area contributed by atoms with Crippen molar-refractivity contribution in [1.29, 1.82) is 0 Å². The van der Waals surface area contributed by atoms with Crippen LogP contribution in [-0.2, 0) is 21.1 Å². The van der Waals surface area contributed by atoms with Gasteiger partial charge in [-0.15, -0.1) is 0 Å². The minimum Gasteiger partial charge on any atom is -0.412 e. The van der Waals surface area contributed by atoms with Gasteiger partial charge >= 0.3 is 0 Å². The van der Waals surface area contributed by atoms with Crippen molar-refractivity contribution in [2.45, 2.75) is 31.7 Å². The predicted molar refractivity (Wildman–Crippen MR) is 33.7 cm³/mol. The summed E-state index contributed by atoms with van der Waals surface area (Å²) < 4.78 is 0. The molecule has 0 spiro atoms. The van der Waals surface area contributed by atoms with Gasteiger partial charge in [0.2, 0.25) is 0 Å². The van der Waals surface area contributed by atoms with Gasteiger partial charge in [-0.2, -0.15) is 0 Å². The third-order valence-electron chi connectivity index (χ3n) is 1.40. The standard InChI is InChI=1S/C5H11N.2H2O.Pt/c6-5-3-1-2-4-5;;;/h5H,1-4,6H2;2*1H2;. The molecule has 0 bridgehead atoms. The Morgan fingerprint density at radius 3 is 1.44 bits per heavy atom. The zero-order valence-corrected chi connectivity index (χ0v) is 7.57. The van der Waals surface area contributed by atoms with E-state index in [0.717, 1.165) is 0 Å². The Labute approximate surface area is 69.9 Å². The van der Waals surface area contributed by atoms with Crippen LogP contribution in [-0.4, -0.2) is 17.0 Å². The molecule has 0 aliphatic heterocycles. The quantitative estimate of drug-likeness (QED) is 0.625. The van der Waals surface area contributed by atoms with Crippen molar-refractivity contribution in [3.8, 4) is 0 Å². The van der Waals surface area contributed by atoms with E-state index >= 15 is 0 Å². The molecule has 1 aliphatic carbocycles. The summed E-state index contributed by atoms with van der Waals surface area (Å²) in [4.78, 5) is 0. The third kappa shape index (κ3) is 6.45. The molecular formula is C5H15NO2Pt. The van der Waals surface area contributed by atoms with Crippen LogP contribution >= 0.6 is 0 Å². The van der Waals surface area contributed by atoms with E-state index in [2.05, 4.69) is 0 Å². The molecule has 1 saturated carbocycles. The predicted octanol–water partition coefficient (Wildman–Crippen LogP) is -0.764. The molecule has 4 heteroatoms.